The van der Waals surface area contributed by atoms with Crippen molar-refractivity contribution >= 4 is 27.6 Å². The Hall–Kier alpha value is -2.18. The van der Waals surface area contributed by atoms with Gasteiger partial charge in [0.15, 0.2) is 0 Å². The van der Waals surface area contributed by atoms with Crippen LogP contribution < -0.4 is 11.1 Å². The molecule has 3 rings (SSSR count). The number of nitrogen functional groups attached to an aromatic ring is 1. The summed E-state index contributed by atoms with van der Waals surface area (Å²) in [5.41, 5.74) is 2.06. The quantitative estimate of drug-likeness (QED) is 0.483. The highest BCUT2D eigenvalue weighted by Gasteiger charge is 2.62. The van der Waals surface area contributed by atoms with Crippen LogP contribution in [0.15, 0.2) is 35.1 Å². The molecule has 30 heavy (non-hydrogen) atoms. The Morgan fingerprint density at radius 1 is 1.13 bits per heavy atom. The van der Waals surface area contributed by atoms with Crippen molar-refractivity contribution in [1.29, 1.82) is 0 Å². The van der Waals surface area contributed by atoms with Crippen LogP contribution in [0.3, 0.4) is 0 Å². The van der Waals surface area contributed by atoms with E-state index in [-0.39, 0.29) is 35.2 Å². The molecule has 0 atom stereocenters. The van der Waals surface area contributed by atoms with Crippen molar-refractivity contribution in [3.63, 3.8) is 0 Å². The molecule has 2 aromatic rings. The maximum atomic E-state index is 12.7. The number of aromatic nitrogens is 2. The van der Waals surface area contributed by atoms with E-state index in [4.69, 9.17) is 5.73 Å². The smallest absolute Gasteiger partial charge is 0.383 e. The van der Waals surface area contributed by atoms with Crippen molar-refractivity contribution in [1.82, 2.24) is 9.97 Å². The van der Waals surface area contributed by atoms with Gasteiger partial charge in [0.05, 0.1) is 11.0 Å². The van der Waals surface area contributed by atoms with E-state index in [1.54, 1.807) is 0 Å². The molecule has 1 saturated carbocycles. The fraction of sp³-hybridized carbons (Fsp3) is 0.412. The van der Waals surface area contributed by atoms with E-state index >= 15 is 0 Å². The molecule has 4 nitrogen and oxygen atoms in total. The number of nitrogens with one attached hydrogen (secondary N) is 1. The first-order valence-electron chi connectivity index (χ1n) is 8.29. The molecule has 0 aliphatic heterocycles. The van der Waals surface area contributed by atoms with Gasteiger partial charge < -0.3 is 11.1 Å². The SMILES string of the molecule is FC(F)c1cc(NCC2(C(F)(F)F)CC2)ncc1Br.Nc1ncccc1C(F)(F)F. The molecule has 0 aromatic carbocycles. The minimum Gasteiger partial charge on any atom is -0.383 e. The lowest BCUT2D eigenvalue weighted by molar-refractivity contribution is -0.182. The summed E-state index contributed by atoms with van der Waals surface area (Å²) >= 11 is 2.92. The van der Waals surface area contributed by atoms with E-state index in [0.717, 1.165) is 18.3 Å². The molecule has 1 fully saturated rings. The van der Waals surface area contributed by atoms with Crippen LogP contribution in [0.25, 0.3) is 0 Å². The normalized spacial score (nSPS) is 15.4. The first-order valence-corrected chi connectivity index (χ1v) is 9.08. The molecular weight excluding hydrogens is 492 g/mol. The second-order valence-electron chi connectivity index (χ2n) is 6.46. The lowest BCUT2D eigenvalue weighted by Crippen LogP contribution is -2.31. The molecule has 3 N–H and O–H groups in total. The van der Waals surface area contributed by atoms with Crippen molar-refractivity contribution < 1.29 is 35.1 Å². The Morgan fingerprint density at radius 2 is 1.77 bits per heavy atom. The second-order valence-corrected chi connectivity index (χ2v) is 7.31. The van der Waals surface area contributed by atoms with Crippen LogP contribution in [0.1, 0.15) is 30.4 Å². The number of halogens is 9. The zero-order valence-electron chi connectivity index (χ0n) is 15.0. The lowest BCUT2D eigenvalue weighted by Gasteiger charge is -2.20. The molecule has 2 aromatic heterocycles. The summed E-state index contributed by atoms with van der Waals surface area (Å²) < 4.78 is 99.2. The van der Waals surface area contributed by atoms with E-state index in [2.05, 4.69) is 31.2 Å². The maximum Gasteiger partial charge on any atom is 0.419 e. The summed E-state index contributed by atoms with van der Waals surface area (Å²) in [5, 5.41) is 2.49. The molecule has 0 saturated heterocycles. The molecule has 0 bridgehead atoms. The van der Waals surface area contributed by atoms with Crippen LogP contribution in [0.5, 0.6) is 0 Å². The molecule has 0 unspecified atom stereocenters. The molecule has 0 spiro atoms. The number of rotatable bonds is 4. The highest BCUT2D eigenvalue weighted by Crippen LogP contribution is 2.57. The summed E-state index contributed by atoms with van der Waals surface area (Å²) in [6.45, 7) is -0.339. The molecular formula is C17H15BrF8N4. The van der Waals surface area contributed by atoms with Gasteiger partial charge in [0.1, 0.15) is 11.6 Å². The van der Waals surface area contributed by atoms with Crippen molar-refractivity contribution in [3.05, 3.63) is 46.2 Å². The number of nitrogens with two attached hydrogens (primary N) is 1. The largest absolute Gasteiger partial charge is 0.419 e. The van der Waals surface area contributed by atoms with Gasteiger partial charge in [-0.3, -0.25) is 0 Å². The number of alkyl halides is 8. The van der Waals surface area contributed by atoms with Crippen LogP contribution in [0.2, 0.25) is 0 Å². The summed E-state index contributed by atoms with van der Waals surface area (Å²) in [7, 11) is 0. The Bertz CT molecular complexity index is 866. The topological polar surface area (TPSA) is 63.8 Å². The van der Waals surface area contributed by atoms with E-state index in [0.29, 0.717) is 0 Å². The Morgan fingerprint density at radius 3 is 2.20 bits per heavy atom. The number of hydrogen-bond acceptors (Lipinski definition) is 4. The van der Waals surface area contributed by atoms with Crippen molar-refractivity contribution in [3.8, 4) is 0 Å². The average molecular weight is 507 g/mol. The van der Waals surface area contributed by atoms with Crippen molar-refractivity contribution in [2.45, 2.75) is 31.6 Å². The number of hydrogen-bond donors (Lipinski definition) is 2. The van der Waals surface area contributed by atoms with Gasteiger partial charge in [0.2, 0.25) is 0 Å². The first kappa shape index (κ1) is 24.1. The van der Waals surface area contributed by atoms with Gasteiger partial charge in [0, 0.05) is 29.0 Å². The average Bonchev–Trinajstić information content (AvgIpc) is 3.42. The van der Waals surface area contributed by atoms with Crippen LogP contribution in [-0.4, -0.2) is 22.7 Å². The standard InChI is InChI=1S/C11H10BrF5N2.C6H5F3N2/c12-7-4-18-8(3-6(7)9(13)14)19-5-10(1-2-10)11(15,16)17;7-6(8,9)4-2-1-3-11-5(4)10/h3-4,9H,1-2,5H2,(H,18,19);1-3H,(H2,10,11). The Balaban J connectivity index is 0.000000248. The van der Waals surface area contributed by atoms with E-state index in [1.165, 1.54) is 12.3 Å². The van der Waals surface area contributed by atoms with E-state index < -0.39 is 35.6 Å². The van der Waals surface area contributed by atoms with Crippen molar-refractivity contribution in [2.24, 2.45) is 5.41 Å². The van der Waals surface area contributed by atoms with Gasteiger partial charge in [-0.15, -0.1) is 0 Å². The molecule has 1 aliphatic carbocycles. The zero-order valence-corrected chi connectivity index (χ0v) is 16.5. The van der Waals surface area contributed by atoms with E-state index in [9.17, 15) is 35.1 Å². The number of nitrogens with zero attached hydrogens (tertiary/aromatic N) is 2. The monoisotopic (exact) mass is 506 g/mol. The van der Waals surface area contributed by atoms with Gasteiger partial charge in [-0.2, -0.15) is 26.3 Å². The third-order valence-corrected chi connectivity index (χ3v) is 4.99. The second kappa shape index (κ2) is 8.90. The Kier molecular flexibility index (Phi) is 7.15. The highest BCUT2D eigenvalue weighted by molar-refractivity contribution is 9.10. The predicted octanol–water partition coefficient (Wildman–Crippen LogP) is 6.22. The maximum absolute atomic E-state index is 12.7. The fourth-order valence-electron chi connectivity index (χ4n) is 2.35. The zero-order chi connectivity index (χ0) is 22.7. The summed E-state index contributed by atoms with van der Waals surface area (Å²) in [5.74, 6) is -0.464. The summed E-state index contributed by atoms with van der Waals surface area (Å²) in [6.07, 6.45) is -8.92. The third kappa shape index (κ3) is 5.92. The van der Waals surface area contributed by atoms with Crippen molar-refractivity contribution in [2.75, 3.05) is 17.6 Å². The van der Waals surface area contributed by atoms with Crippen LogP contribution >= 0.6 is 15.9 Å². The molecule has 13 heteroatoms. The summed E-state index contributed by atoms with van der Waals surface area (Å²) in [4.78, 5) is 7.08. The van der Waals surface area contributed by atoms with Crippen LogP contribution in [-0.2, 0) is 6.18 Å². The molecule has 0 radical (unpaired) electrons. The van der Waals surface area contributed by atoms with Gasteiger partial charge in [-0.25, -0.2) is 18.7 Å². The van der Waals surface area contributed by atoms with E-state index in [1.807, 2.05) is 0 Å². The minimum atomic E-state index is -4.40. The Labute approximate surface area is 174 Å². The van der Waals surface area contributed by atoms with Gasteiger partial charge in [0.25, 0.3) is 6.43 Å². The van der Waals surface area contributed by atoms with Gasteiger partial charge >= 0.3 is 12.4 Å². The molecule has 0 amide bonds. The third-order valence-electron chi connectivity index (χ3n) is 4.33. The number of pyridine rings is 2. The van der Waals surface area contributed by atoms with Gasteiger partial charge in [-0.05, 0) is 47.0 Å². The minimum absolute atomic E-state index is 0.0222. The van der Waals surface area contributed by atoms with Crippen LogP contribution in [0.4, 0.5) is 46.8 Å². The molecule has 166 valence electrons. The molecule has 2 heterocycles. The summed E-state index contributed by atoms with van der Waals surface area (Å²) in [6, 6.07) is 3.14. The van der Waals surface area contributed by atoms with Crippen LogP contribution in [0, 0.1) is 5.41 Å². The fourth-order valence-corrected chi connectivity index (χ4v) is 2.74. The lowest BCUT2D eigenvalue weighted by atomic mass is 10.1. The predicted molar refractivity (Wildman–Crippen MR) is 96.8 cm³/mol. The number of anilines is 2. The highest BCUT2D eigenvalue weighted by atomic mass is 79.9. The van der Waals surface area contributed by atoms with Gasteiger partial charge in [-0.1, -0.05) is 0 Å². The molecule has 1 aliphatic rings. The first-order chi connectivity index (χ1) is 13.8.